The number of hydrogen-bond acceptors (Lipinski definition) is 4. The minimum Gasteiger partial charge on any atom is -0.491 e. The number of rotatable bonds is 6. The van der Waals surface area contributed by atoms with Gasteiger partial charge in [0.25, 0.3) is 0 Å². The molecule has 0 spiro atoms. The van der Waals surface area contributed by atoms with Crippen molar-refractivity contribution < 1.29 is 19.1 Å². The SMILES string of the molecule is CN(CC(=O)OC(C)(C)C)C(=O)CCOc1cccc(Cl)c1Cl. The summed E-state index contributed by atoms with van der Waals surface area (Å²) in [4.78, 5) is 24.9. The van der Waals surface area contributed by atoms with E-state index in [0.717, 1.165) is 0 Å². The van der Waals surface area contributed by atoms with Crippen molar-refractivity contribution in [2.24, 2.45) is 0 Å². The molecule has 1 rings (SSSR count). The van der Waals surface area contributed by atoms with Crippen LogP contribution in [0.1, 0.15) is 27.2 Å². The Kier molecular flexibility index (Phi) is 7.16. The van der Waals surface area contributed by atoms with Crippen LogP contribution in [0, 0.1) is 0 Å². The van der Waals surface area contributed by atoms with Gasteiger partial charge in [-0.1, -0.05) is 29.3 Å². The number of halogens is 2. The average Bonchev–Trinajstić information content (AvgIpc) is 2.41. The van der Waals surface area contributed by atoms with Crippen LogP contribution in [0.25, 0.3) is 0 Å². The molecule has 0 heterocycles. The predicted octanol–water partition coefficient (Wildman–Crippen LogP) is 3.56. The molecule has 128 valence electrons. The summed E-state index contributed by atoms with van der Waals surface area (Å²) < 4.78 is 10.6. The van der Waals surface area contributed by atoms with E-state index in [-0.39, 0.29) is 25.5 Å². The zero-order valence-corrected chi connectivity index (χ0v) is 15.2. The van der Waals surface area contributed by atoms with Crippen LogP contribution in [-0.2, 0) is 14.3 Å². The van der Waals surface area contributed by atoms with Crippen LogP contribution in [0.5, 0.6) is 5.75 Å². The van der Waals surface area contributed by atoms with E-state index in [1.165, 1.54) is 4.90 Å². The molecule has 0 aliphatic rings. The second kappa shape index (κ2) is 8.41. The van der Waals surface area contributed by atoms with E-state index >= 15 is 0 Å². The highest BCUT2D eigenvalue weighted by Gasteiger charge is 2.19. The maximum atomic E-state index is 12.0. The van der Waals surface area contributed by atoms with Crippen molar-refractivity contribution in [1.29, 1.82) is 0 Å². The van der Waals surface area contributed by atoms with E-state index < -0.39 is 11.6 Å². The van der Waals surface area contributed by atoms with Gasteiger partial charge in [0, 0.05) is 7.05 Å². The number of ether oxygens (including phenoxy) is 2. The van der Waals surface area contributed by atoms with E-state index in [4.69, 9.17) is 32.7 Å². The van der Waals surface area contributed by atoms with Gasteiger partial charge in [0.05, 0.1) is 18.1 Å². The smallest absolute Gasteiger partial charge is 0.326 e. The normalized spacial score (nSPS) is 11.0. The number of hydrogen-bond donors (Lipinski definition) is 0. The molecule has 0 bridgehead atoms. The summed E-state index contributed by atoms with van der Waals surface area (Å²) in [5.74, 6) is -0.261. The Labute approximate surface area is 146 Å². The molecule has 1 aromatic rings. The number of likely N-dealkylation sites (N-methyl/N-ethyl adjacent to an activating group) is 1. The Morgan fingerprint density at radius 3 is 2.48 bits per heavy atom. The molecule has 0 saturated carbocycles. The third kappa shape index (κ3) is 7.10. The van der Waals surface area contributed by atoms with E-state index in [1.54, 1.807) is 46.0 Å². The molecule has 0 aliphatic heterocycles. The molecule has 0 aromatic heterocycles. The number of carbonyl (C=O) groups excluding carboxylic acids is 2. The van der Waals surface area contributed by atoms with Crippen LogP contribution in [0.3, 0.4) is 0 Å². The summed E-state index contributed by atoms with van der Waals surface area (Å²) in [5.41, 5.74) is -0.576. The number of benzene rings is 1. The fraction of sp³-hybridized carbons (Fsp3) is 0.500. The first-order chi connectivity index (χ1) is 10.6. The lowest BCUT2D eigenvalue weighted by Crippen LogP contribution is -2.36. The maximum Gasteiger partial charge on any atom is 0.326 e. The second-order valence-electron chi connectivity index (χ2n) is 5.99. The van der Waals surface area contributed by atoms with Crippen molar-refractivity contribution in [3.05, 3.63) is 28.2 Å². The number of amides is 1. The zero-order chi connectivity index (χ0) is 17.6. The summed E-state index contributed by atoms with van der Waals surface area (Å²) in [6, 6.07) is 5.03. The second-order valence-corrected chi connectivity index (χ2v) is 6.77. The van der Waals surface area contributed by atoms with Gasteiger partial charge in [-0.05, 0) is 32.9 Å². The van der Waals surface area contributed by atoms with E-state index in [9.17, 15) is 9.59 Å². The summed E-state index contributed by atoms with van der Waals surface area (Å²) >= 11 is 11.9. The van der Waals surface area contributed by atoms with Crippen molar-refractivity contribution in [3.63, 3.8) is 0 Å². The topological polar surface area (TPSA) is 55.8 Å². The molecule has 0 N–H and O–H groups in total. The minimum atomic E-state index is -0.576. The van der Waals surface area contributed by atoms with Gasteiger partial charge in [-0.3, -0.25) is 9.59 Å². The van der Waals surface area contributed by atoms with Gasteiger partial charge in [0.15, 0.2) is 0 Å². The molecule has 0 aliphatic carbocycles. The third-order valence-corrected chi connectivity index (χ3v) is 3.50. The number of carbonyl (C=O) groups is 2. The first-order valence-corrected chi connectivity index (χ1v) is 7.88. The molecule has 0 fully saturated rings. The van der Waals surface area contributed by atoms with Crippen molar-refractivity contribution >= 4 is 35.1 Å². The molecule has 1 aromatic carbocycles. The molecule has 5 nitrogen and oxygen atoms in total. The fourth-order valence-corrected chi connectivity index (χ4v) is 2.04. The van der Waals surface area contributed by atoms with Gasteiger partial charge >= 0.3 is 5.97 Å². The summed E-state index contributed by atoms with van der Waals surface area (Å²) in [5, 5.41) is 0.696. The van der Waals surface area contributed by atoms with Crippen molar-refractivity contribution in [2.75, 3.05) is 20.2 Å². The minimum absolute atomic E-state index is 0.103. The molecule has 23 heavy (non-hydrogen) atoms. The van der Waals surface area contributed by atoms with Crippen LogP contribution >= 0.6 is 23.2 Å². The maximum absolute atomic E-state index is 12.0. The summed E-state index contributed by atoms with van der Waals surface area (Å²) in [6.45, 7) is 5.35. The zero-order valence-electron chi connectivity index (χ0n) is 13.7. The number of nitrogens with zero attached hydrogens (tertiary/aromatic N) is 1. The van der Waals surface area contributed by atoms with Gasteiger partial charge in [0.1, 0.15) is 22.9 Å². The first-order valence-electron chi connectivity index (χ1n) is 7.13. The lowest BCUT2D eigenvalue weighted by molar-refractivity contribution is -0.158. The van der Waals surface area contributed by atoms with Gasteiger partial charge < -0.3 is 14.4 Å². The quantitative estimate of drug-likeness (QED) is 0.726. The molecule has 0 saturated heterocycles. The first kappa shape index (κ1) is 19.6. The van der Waals surface area contributed by atoms with E-state index in [0.29, 0.717) is 15.8 Å². The van der Waals surface area contributed by atoms with Crippen LogP contribution in [0.15, 0.2) is 18.2 Å². The van der Waals surface area contributed by atoms with Crippen molar-refractivity contribution in [2.45, 2.75) is 32.8 Å². The van der Waals surface area contributed by atoms with Crippen molar-refractivity contribution in [3.8, 4) is 5.75 Å². The Morgan fingerprint density at radius 1 is 1.22 bits per heavy atom. The molecular weight excluding hydrogens is 341 g/mol. The highest BCUT2D eigenvalue weighted by Crippen LogP contribution is 2.31. The average molecular weight is 362 g/mol. The van der Waals surface area contributed by atoms with Gasteiger partial charge in [0.2, 0.25) is 5.91 Å². The number of esters is 1. The van der Waals surface area contributed by atoms with E-state index in [2.05, 4.69) is 0 Å². The lowest BCUT2D eigenvalue weighted by atomic mass is 10.2. The molecule has 0 unspecified atom stereocenters. The standard InChI is InChI=1S/C16H21Cl2NO4/c1-16(2,3)23-14(21)10-19(4)13(20)8-9-22-12-7-5-6-11(17)15(12)18/h5-7H,8-10H2,1-4H3. The lowest BCUT2D eigenvalue weighted by Gasteiger charge is -2.22. The Balaban J connectivity index is 2.41. The third-order valence-electron chi connectivity index (χ3n) is 2.70. The molecule has 0 atom stereocenters. The Morgan fingerprint density at radius 2 is 1.87 bits per heavy atom. The van der Waals surface area contributed by atoms with Gasteiger partial charge in [-0.2, -0.15) is 0 Å². The van der Waals surface area contributed by atoms with Gasteiger partial charge in [-0.25, -0.2) is 0 Å². The van der Waals surface area contributed by atoms with Crippen LogP contribution in [-0.4, -0.2) is 42.6 Å². The van der Waals surface area contributed by atoms with Crippen LogP contribution < -0.4 is 4.74 Å². The molecular formula is C16H21Cl2NO4. The highest BCUT2D eigenvalue weighted by atomic mass is 35.5. The summed E-state index contributed by atoms with van der Waals surface area (Å²) in [7, 11) is 1.54. The van der Waals surface area contributed by atoms with Crippen LogP contribution in [0.4, 0.5) is 0 Å². The van der Waals surface area contributed by atoms with Crippen molar-refractivity contribution in [1.82, 2.24) is 4.90 Å². The van der Waals surface area contributed by atoms with Gasteiger partial charge in [-0.15, -0.1) is 0 Å². The Hall–Kier alpha value is -1.46. The largest absolute Gasteiger partial charge is 0.491 e. The molecule has 1 amide bonds. The van der Waals surface area contributed by atoms with Crippen LogP contribution in [0.2, 0.25) is 10.0 Å². The summed E-state index contributed by atoms with van der Waals surface area (Å²) in [6.07, 6.45) is 0.113. The predicted molar refractivity (Wildman–Crippen MR) is 90.1 cm³/mol. The Bertz CT molecular complexity index is 570. The fourth-order valence-electron chi connectivity index (χ4n) is 1.69. The molecule has 0 radical (unpaired) electrons. The monoisotopic (exact) mass is 361 g/mol. The highest BCUT2D eigenvalue weighted by molar-refractivity contribution is 6.42. The van der Waals surface area contributed by atoms with E-state index in [1.807, 2.05) is 0 Å². The molecule has 7 heteroatoms.